The molecule has 1 aliphatic heterocycles. The predicted octanol–water partition coefficient (Wildman–Crippen LogP) is 3.25. The van der Waals surface area contributed by atoms with Crippen LogP contribution in [0.15, 0.2) is 12.1 Å². The molecule has 1 aromatic carbocycles. The first-order chi connectivity index (χ1) is 8.95. The molecule has 2 nitrogen and oxygen atoms in total. The van der Waals surface area contributed by atoms with E-state index in [1.165, 1.54) is 12.1 Å². The van der Waals surface area contributed by atoms with Crippen molar-refractivity contribution >= 4 is 5.91 Å². The molecule has 0 unspecified atom stereocenters. The quantitative estimate of drug-likeness (QED) is 0.823. The third-order valence-corrected chi connectivity index (χ3v) is 3.81. The van der Waals surface area contributed by atoms with E-state index in [9.17, 15) is 13.6 Å². The number of carbonyl (C=O) groups is 1. The second-order valence-electron chi connectivity index (χ2n) is 5.32. The van der Waals surface area contributed by atoms with E-state index >= 15 is 0 Å². The highest BCUT2D eigenvalue weighted by Gasteiger charge is 2.40. The number of rotatable bonds is 3. The van der Waals surface area contributed by atoms with E-state index < -0.39 is 11.6 Å². The lowest BCUT2D eigenvalue weighted by Crippen LogP contribution is -2.27. The fourth-order valence-electron chi connectivity index (χ4n) is 2.82. The molecule has 1 amide bonds. The molecule has 2 atom stereocenters. The Hall–Kier alpha value is -1.45. The van der Waals surface area contributed by atoms with E-state index in [-0.39, 0.29) is 23.3 Å². The van der Waals surface area contributed by atoms with Crippen molar-refractivity contribution in [2.45, 2.75) is 33.1 Å². The van der Waals surface area contributed by atoms with Crippen LogP contribution in [0.25, 0.3) is 0 Å². The molecular formula is C15H19F2NO. The van der Waals surface area contributed by atoms with Crippen molar-refractivity contribution in [3.05, 3.63) is 34.9 Å². The second-order valence-corrected chi connectivity index (χ2v) is 5.32. The number of carbonyl (C=O) groups excluding carboxylic acids is 1. The summed E-state index contributed by atoms with van der Waals surface area (Å²) in [5.74, 6) is -1.84. The van der Waals surface area contributed by atoms with Gasteiger partial charge in [-0.05, 0) is 31.0 Å². The summed E-state index contributed by atoms with van der Waals surface area (Å²) in [4.78, 5) is 13.8. The fraction of sp³-hybridized carbons (Fsp3) is 0.533. The molecule has 1 aliphatic rings. The molecule has 104 valence electrons. The summed E-state index contributed by atoms with van der Waals surface area (Å²) >= 11 is 0. The van der Waals surface area contributed by atoms with E-state index in [1.807, 2.05) is 6.92 Å². The van der Waals surface area contributed by atoms with Crippen LogP contribution in [0.3, 0.4) is 0 Å². The summed E-state index contributed by atoms with van der Waals surface area (Å²) in [5.41, 5.74) is 0.617. The lowest BCUT2D eigenvalue weighted by atomic mass is 9.88. The normalized spacial score (nSPS) is 23.2. The molecule has 0 N–H and O–H groups in total. The highest BCUT2D eigenvalue weighted by molar-refractivity contribution is 5.82. The summed E-state index contributed by atoms with van der Waals surface area (Å²) in [7, 11) is 0. The van der Waals surface area contributed by atoms with E-state index in [1.54, 1.807) is 18.7 Å². The minimum atomic E-state index is -0.541. The highest BCUT2D eigenvalue weighted by atomic mass is 19.1. The molecule has 0 aliphatic carbocycles. The minimum absolute atomic E-state index is 0.00812. The van der Waals surface area contributed by atoms with Crippen LogP contribution < -0.4 is 0 Å². The zero-order valence-corrected chi connectivity index (χ0v) is 11.5. The molecule has 19 heavy (non-hydrogen) atoms. The average Bonchev–Trinajstić information content (AvgIpc) is 2.57. The molecular weight excluding hydrogens is 248 g/mol. The smallest absolute Gasteiger partial charge is 0.226 e. The Labute approximate surface area is 112 Å². The first kappa shape index (κ1) is 14.0. The fourth-order valence-corrected chi connectivity index (χ4v) is 2.82. The lowest BCUT2D eigenvalue weighted by Gasteiger charge is -2.17. The highest BCUT2D eigenvalue weighted by Crippen LogP contribution is 2.36. The first-order valence-electron chi connectivity index (χ1n) is 6.70. The third kappa shape index (κ3) is 2.48. The topological polar surface area (TPSA) is 20.3 Å². The van der Waals surface area contributed by atoms with Crippen LogP contribution in [0.1, 0.15) is 37.3 Å². The Morgan fingerprint density at radius 2 is 1.89 bits per heavy atom. The molecule has 1 fully saturated rings. The van der Waals surface area contributed by atoms with Crippen LogP contribution in [0.5, 0.6) is 0 Å². The Morgan fingerprint density at radius 3 is 2.42 bits per heavy atom. The number of aryl methyl sites for hydroxylation is 1. The summed E-state index contributed by atoms with van der Waals surface area (Å²) in [6.07, 6.45) is 0.851. The summed E-state index contributed by atoms with van der Waals surface area (Å²) in [5, 5.41) is 0. The van der Waals surface area contributed by atoms with E-state index in [4.69, 9.17) is 0 Å². The largest absolute Gasteiger partial charge is 0.342 e. The average molecular weight is 267 g/mol. The molecule has 0 saturated carbocycles. The Balaban J connectivity index is 2.35. The molecule has 1 aromatic rings. The van der Waals surface area contributed by atoms with Crippen LogP contribution in [-0.4, -0.2) is 23.9 Å². The maximum absolute atomic E-state index is 14.0. The number of likely N-dealkylation sites (tertiary alicyclic amines) is 1. The maximum atomic E-state index is 14.0. The Bertz CT molecular complexity index is 478. The monoisotopic (exact) mass is 267 g/mol. The van der Waals surface area contributed by atoms with Gasteiger partial charge in [0.25, 0.3) is 0 Å². The van der Waals surface area contributed by atoms with Gasteiger partial charge in [-0.2, -0.15) is 0 Å². The first-order valence-corrected chi connectivity index (χ1v) is 6.70. The maximum Gasteiger partial charge on any atom is 0.226 e. The van der Waals surface area contributed by atoms with Crippen LogP contribution in [0, 0.1) is 24.5 Å². The lowest BCUT2D eigenvalue weighted by molar-refractivity contribution is -0.130. The Morgan fingerprint density at radius 1 is 1.32 bits per heavy atom. The number of amides is 1. The van der Waals surface area contributed by atoms with Crippen LogP contribution in [0.4, 0.5) is 8.78 Å². The van der Waals surface area contributed by atoms with Gasteiger partial charge in [0, 0.05) is 30.5 Å². The summed E-state index contributed by atoms with van der Waals surface area (Å²) in [6.45, 7) is 6.45. The molecule has 1 saturated heterocycles. The SMILES string of the molecule is CCCN1C[C@@H](c2c(F)cc(C)cc2F)[C@H](C)C1=O. The second kappa shape index (κ2) is 5.27. The molecule has 2 rings (SSSR count). The van der Waals surface area contributed by atoms with Gasteiger partial charge in [0.05, 0.1) is 0 Å². The van der Waals surface area contributed by atoms with E-state index in [2.05, 4.69) is 0 Å². The Kier molecular flexibility index (Phi) is 3.88. The number of halogens is 2. The van der Waals surface area contributed by atoms with Gasteiger partial charge in [-0.15, -0.1) is 0 Å². The zero-order valence-electron chi connectivity index (χ0n) is 11.5. The summed E-state index contributed by atoms with van der Waals surface area (Å²) < 4.78 is 28.0. The van der Waals surface area contributed by atoms with Crippen molar-refractivity contribution in [1.82, 2.24) is 4.90 Å². The van der Waals surface area contributed by atoms with E-state index in [0.717, 1.165) is 6.42 Å². The third-order valence-electron chi connectivity index (χ3n) is 3.81. The predicted molar refractivity (Wildman–Crippen MR) is 69.9 cm³/mol. The standard InChI is InChI=1S/C15H19F2NO/c1-4-5-18-8-11(10(3)15(18)19)14-12(16)6-9(2)7-13(14)17/h6-7,10-11H,4-5,8H2,1-3H3/t10-,11+/m0/s1. The van der Waals surface area contributed by atoms with Gasteiger partial charge in [0.15, 0.2) is 0 Å². The molecule has 0 aromatic heterocycles. The van der Waals surface area contributed by atoms with E-state index in [0.29, 0.717) is 18.7 Å². The van der Waals surface area contributed by atoms with Crippen molar-refractivity contribution in [3.8, 4) is 0 Å². The van der Waals surface area contributed by atoms with Crippen molar-refractivity contribution < 1.29 is 13.6 Å². The molecule has 4 heteroatoms. The van der Waals surface area contributed by atoms with Gasteiger partial charge in [-0.3, -0.25) is 4.79 Å². The van der Waals surface area contributed by atoms with Gasteiger partial charge in [0.2, 0.25) is 5.91 Å². The van der Waals surface area contributed by atoms with Crippen molar-refractivity contribution in [2.75, 3.05) is 13.1 Å². The van der Waals surface area contributed by atoms with Gasteiger partial charge < -0.3 is 4.90 Å². The number of hydrogen-bond donors (Lipinski definition) is 0. The van der Waals surface area contributed by atoms with Crippen molar-refractivity contribution in [2.24, 2.45) is 5.92 Å². The molecule has 0 bridgehead atoms. The number of benzene rings is 1. The molecule has 0 radical (unpaired) electrons. The number of nitrogens with zero attached hydrogens (tertiary/aromatic N) is 1. The summed E-state index contributed by atoms with van der Waals surface area (Å²) in [6, 6.07) is 2.66. The van der Waals surface area contributed by atoms with Crippen LogP contribution >= 0.6 is 0 Å². The van der Waals surface area contributed by atoms with Gasteiger partial charge in [-0.25, -0.2) is 8.78 Å². The zero-order chi connectivity index (χ0) is 14.2. The van der Waals surface area contributed by atoms with Gasteiger partial charge in [0.1, 0.15) is 11.6 Å². The van der Waals surface area contributed by atoms with Crippen LogP contribution in [0.2, 0.25) is 0 Å². The molecule has 0 spiro atoms. The van der Waals surface area contributed by atoms with Gasteiger partial charge >= 0.3 is 0 Å². The number of hydrogen-bond acceptors (Lipinski definition) is 1. The van der Waals surface area contributed by atoms with Crippen molar-refractivity contribution in [3.63, 3.8) is 0 Å². The van der Waals surface area contributed by atoms with Gasteiger partial charge in [-0.1, -0.05) is 13.8 Å². The minimum Gasteiger partial charge on any atom is -0.342 e. The van der Waals surface area contributed by atoms with Crippen LogP contribution in [-0.2, 0) is 4.79 Å². The van der Waals surface area contributed by atoms with Crippen molar-refractivity contribution in [1.29, 1.82) is 0 Å². The molecule has 1 heterocycles.